The Morgan fingerprint density at radius 3 is 2.58 bits per heavy atom. The fraction of sp³-hybridized carbons (Fsp3) is 0.333. The molecule has 3 heterocycles. The van der Waals surface area contributed by atoms with Crippen molar-refractivity contribution >= 4 is 16.8 Å². The van der Waals surface area contributed by atoms with Crippen LogP contribution in [-0.4, -0.2) is 43.9 Å². The van der Waals surface area contributed by atoms with Crippen molar-refractivity contribution in [2.75, 3.05) is 13.1 Å². The SMILES string of the molecule is Cc1ccc2cccc(C(=O)N3CCC(n4nccn4)CC3)c2n1. The Labute approximate surface area is 140 Å². The van der Waals surface area contributed by atoms with Crippen LogP contribution in [0.15, 0.2) is 42.7 Å². The number of aromatic nitrogens is 4. The van der Waals surface area contributed by atoms with E-state index in [9.17, 15) is 4.79 Å². The van der Waals surface area contributed by atoms with E-state index in [1.165, 1.54) is 0 Å². The summed E-state index contributed by atoms with van der Waals surface area (Å²) in [5.74, 6) is 0.0607. The number of nitrogens with zero attached hydrogens (tertiary/aromatic N) is 5. The molecule has 1 amide bonds. The van der Waals surface area contributed by atoms with E-state index in [-0.39, 0.29) is 11.9 Å². The molecule has 0 atom stereocenters. The standard InChI is InChI=1S/C18H19N5O/c1-13-5-6-14-3-2-4-16(17(14)21-13)18(24)22-11-7-15(8-12-22)23-19-9-10-20-23/h2-6,9-10,15H,7-8,11-12H2,1H3. The van der Waals surface area contributed by atoms with E-state index in [0.29, 0.717) is 18.7 Å². The Morgan fingerprint density at radius 1 is 1.08 bits per heavy atom. The molecule has 0 radical (unpaired) electrons. The minimum absolute atomic E-state index is 0.0607. The summed E-state index contributed by atoms with van der Waals surface area (Å²) in [5, 5.41) is 9.42. The maximum absolute atomic E-state index is 13.0. The Hall–Kier alpha value is -2.76. The monoisotopic (exact) mass is 321 g/mol. The lowest BCUT2D eigenvalue weighted by atomic mass is 10.0. The predicted molar refractivity (Wildman–Crippen MR) is 90.7 cm³/mol. The van der Waals surface area contributed by atoms with Gasteiger partial charge in [0.2, 0.25) is 0 Å². The predicted octanol–water partition coefficient (Wildman–Crippen LogP) is 2.61. The molecular weight excluding hydrogens is 302 g/mol. The van der Waals surface area contributed by atoms with Gasteiger partial charge in [0, 0.05) is 24.2 Å². The quantitative estimate of drug-likeness (QED) is 0.728. The van der Waals surface area contributed by atoms with E-state index in [1.54, 1.807) is 17.2 Å². The molecule has 0 spiro atoms. The molecule has 6 heteroatoms. The molecule has 1 saturated heterocycles. The highest BCUT2D eigenvalue weighted by Crippen LogP contribution is 2.24. The molecule has 6 nitrogen and oxygen atoms in total. The van der Waals surface area contributed by atoms with Crippen molar-refractivity contribution in [1.82, 2.24) is 24.9 Å². The number of para-hydroxylation sites is 1. The third kappa shape index (κ3) is 2.64. The zero-order valence-electron chi connectivity index (χ0n) is 13.6. The van der Waals surface area contributed by atoms with Crippen LogP contribution >= 0.6 is 0 Å². The number of hydrogen-bond acceptors (Lipinski definition) is 4. The van der Waals surface area contributed by atoms with Crippen molar-refractivity contribution in [1.29, 1.82) is 0 Å². The second kappa shape index (κ2) is 6.03. The highest BCUT2D eigenvalue weighted by molar-refractivity contribution is 6.05. The number of rotatable bonds is 2. The molecular formula is C18H19N5O. The molecule has 0 aliphatic carbocycles. The number of aryl methyl sites for hydroxylation is 1. The van der Waals surface area contributed by atoms with E-state index in [1.807, 2.05) is 42.2 Å². The number of piperidine rings is 1. The number of amides is 1. The Bertz CT molecular complexity index is 866. The topological polar surface area (TPSA) is 63.9 Å². The second-order valence-electron chi connectivity index (χ2n) is 6.20. The first kappa shape index (κ1) is 14.8. The van der Waals surface area contributed by atoms with E-state index >= 15 is 0 Å². The number of carbonyl (C=O) groups is 1. The minimum Gasteiger partial charge on any atom is -0.338 e. The first-order valence-electron chi connectivity index (χ1n) is 8.24. The van der Waals surface area contributed by atoms with Gasteiger partial charge in [-0.2, -0.15) is 15.0 Å². The molecule has 1 aromatic carbocycles. The maximum Gasteiger partial charge on any atom is 0.256 e. The zero-order chi connectivity index (χ0) is 16.5. The molecule has 0 N–H and O–H groups in total. The van der Waals surface area contributed by atoms with E-state index in [4.69, 9.17) is 0 Å². The minimum atomic E-state index is 0.0607. The van der Waals surface area contributed by atoms with Gasteiger partial charge in [0.05, 0.1) is 29.5 Å². The third-order valence-electron chi connectivity index (χ3n) is 4.60. The highest BCUT2D eigenvalue weighted by Gasteiger charge is 2.26. The normalized spacial score (nSPS) is 15.8. The van der Waals surface area contributed by atoms with Crippen LogP contribution < -0.4 is 0 Å². The van der Waals surface area contributed by atoms with Crippen LogP contribution in [0.4, 0.5) is 0 Å². The number of carbonyl (C=O) groups excluding carboxylic acids is 1. The van der Waals surface area contributed by atoms with Crippen LogP contribution in [0.2, 0.25) is 0 Å². The molecule has 122 valence electrons. The first-order chi connectivity index (χ1) is 11.7. The molecule has 1 fully saturated rings. The van der Waals surface area contributed by atoms with Crippen LogP contribution in [0.25, 0.3) is 10.9 Å². The Morgan fingerprint density at radius 2 is 1.83 bits per heavy atom. The molecule has 3 aromatic rings. The lowest BCUT2D eigenvalue weighted by molar-refractivity contribution is 0.0685. The summed E-state index contributed by atoms with van der Waals surface area (Å²) in [5.41, 5.74) is 2.40. The maximum atomic E-state index is 13.0. The number of fused-ring (bicyclic) bond motifs is 1. The number of hydrogen-bond donors (Lipinski definition) is 0. The van der Waals surface area contributed by atoms with Gasteiger partial charge < -0.3 is 4.90 Å². The molecule has 1 aliphatic rings. The summed E-state index contributed by atoms with van der Waals surface area (Å²) in [4.78, 5) is 21.2. The average molecular weight is 321 g/mol. The molecule has 0 bridgehead atoms. The molecule has 0 unspecified atom stereocenters. The van der Waals surface area contributed by atoms with E-state index in [0.717, 1.165) is 29.4 Å². The van der Waals surface area contributed by atoms with Crippen molar-refractivity contribution < 1.29 is 4.79 Å². The van der Waals surface area contributed by atoms with Gasteiger partial charge in [-0.15, -0.1) is 0 Å². The van der Waals surface area contributed by atoms with Gasteiger partial charge in [0.1, 0.15) is 0 Å². The van der Waals surface area contributed by atoms with Gasteiger partial charge in [-0.05, 0) is 31.9 Å². The number of benzene rings is 1. The van der Waals surface area contributed by atoms with E-state index in [2.05, 4.69) is 15.2 Å². The van der Waals surface area contributed by atoms with Crippen LogP contribution in [-0.2, 0) is 0 Å². The van der Waals surface area contributed by atoms with Crippen LogP contribution in [0.1, 0.15) is 34.9 Å². The highest BCUT2D eigenvalue weighted by atomic mass is 16.2. The zero-order valence-corrected chi connectivity index (χ0v) is 13.6. The summed E-state index contributed by atoms with van der Waals surface area (Å²) in [7, 11) is 0. The summed E-state index contributed by atoms with van der Waals surface area (Å²) >= 11 is 0. The lowest BCUT2D eigenvalue weighted by Gasteiger charge is -2.31. The fourth-order valence-corrected chi connectivity index (χ4v) is 3.30. The van der Waals surface area contributed by atoms with Gasteiger partial charge in [-0.25, -0.2) is 0 Å². The molecule has 24 heavy (non-hydrogen) atoms. The van der Waals surface area contributed by atoms with Gasteiger partial charge in [-0.3, -0.25) is 9.78 Å². The molecule has 4 rings (SSSR count). The average Bonchev–Trinajstić information content (AvgIpc) is 3.15. The number of pyridine rings is 1. The van der Waals surface area contributed by atoms with Crippen molar-refractivity contribution in [3.63, 3.8) is 0 Å². The fourth-order valence-electron chi connectivity index (χ4n) is 3.30. The summed E-state index contributed by atoms with van der Waals surface area (Å²) in [6.45, 7) is 3.38. The number of likely N-dealkylation sites (tertiary alicyclic amines) is 1. The summed E-state index contributed by atoms with van der Waals surface area (Å²) in [6.07, 6.45) is 5.14. The summed E-state index contributed by atoms with van der Waals surface area (Å²) < 4.78 is 0. The van der Waals surface area contributed by atoms with Crippen molar-refractivity contribution in [3.05, 3.63) is 54.0 Å². The largest absolute Gasteiger partial charge is 0.338 e. The first-order valence-corrected chi connectivity index (χ1v) is 8.24. The summed E-state index contributed by atoms with van der Waals surface area (Å²) in [6, 6.07) is 10.1. The Balaban J connectivity index is 1.56. The van der Waals surface area contributed by atoms with Crippen molar-refractivity contribution in [3.8, 4) is 0 Å². The second-order valence-corrected chi connectivity index (χ2v) is 6.20. The third-order valence-corrected chi connectivity index (χ3v) is 4.60. The van der Waals surface area contributed by atoms with Crippen molar-refractivity contribution in [2.45, 2.75) is 25.8 Å². The van der Waals surface area contributed by atoms with Crippen LogP contribution in [0, 0.1) is 6.92 Å². The van der Waals surface area contributed by atoms with Crippen molar-refractivity contribution in [2.24, 2.45) is 0 Å². The van der Waals surface area contributed by atoms with Gasteiger partial charge in [-0.1, -0.05) is 18.2 Å². The van der Waals surface area contributed by atoms with Gasteiger partial charge in [0.15, 0.2) is 0 Å². The van der Waals surface area contributed by atoms with Crippen LogP contribution in [0.3, 0.4) is 0 Å². The Kier molecular flexibility index (Phi) is 3.72. The molecule has 2 aromatic heterocycles. The van der Waals surface area contributed by atoms with Crippen LogP contribution in [0.5, 0.6) is 0 Å². The van der Waals surface area contributed by atoms with Gasteiger partial charge >= 0.3 is 0 Å². The van der Waals surface area contributed by atoms with Gasteiger partial charge in [0.25, 0.3) is 5.91 Å². The lowest BCUT2D eigenvalue weighted by Crippen LogP contribution is -2.39. The van der Waals surface area contributed by atoms with E-state index < -0.39 is 0 Å². The molecule has 0 saturated carbocycles. The molecule has 1 aliphatic heterocycles. The smallest absolute Gasteiger partial charge is 0.256 e.